The van der Waals surface area contributed by atoms with Crippen LogP contribution in [0, 0.1) is 0 Å². The van der Waals surface area contributed by atoms with Crippen LogP contribution in [0.1, 0.15) is 54.8 Å². The normalized spacial score (nSPS) is 20.1. The third kappa shape index (κ3) is 12.5. The third-order valence-corrected chi connectivity index (χ3v) is 9.09. The maximum atomic E-state index is 12.5. The van der Waals surface area contributed by atoms with Gasteiger partial charge in [0.1, 0.15) is 47.9 Å². The molecule has 2 heterocycles. The molecule has 5 aromatic rings. The van der Waals surface area contributed by atoms with Crippen LogP contribution in [0.15, 0.2) is 128 Å². The van der Waals surface area contributed by atoms with Crippen molar-refractivity contribution in [1.29, 1.82) is 0 Å². The van der Waals surface area contributed by atoms with Crippen LogP contribution in [0.5, 0.6) is 0 Å². The van der Waals surface area contributed by atoms with Crippen molar-refractivity contribution in [2.45, 2.75) is 95.9 Å². The number of alkyl carbamates (subject to hydrolysis) is 1. The van der Waals surface area contributed by atoms with E-state index in [1.54, 1.807) is 27.0 Å². The van der Waals surface area contributed by atoms with E-state index in [1.807, 2.05) is 121 Å². The molecule has 1 fully saturated rings. The van der Waals surface area contributed by atoms with Gasteiger partial charge in [-0.15, -0.1) is 5.10 Å². The van der Waals surface area contributed by atoms with Gasteiger partial charge in [-0.2, -0.15) is 0 Å². The van der Waals surface area contributed by atoms with Crippen LogP contribution in [-0.2, 0) is 66.2 Å². The van der Waals surface area contributed by atoms with Gasteiger partial charge >= 0.3 is 12.1 Å². The van der Waals surface area contributed by atoms with Crippen molar-refractivity contribution in [3.05, 3.63) is 155 Å². The van der Waals surface area contributed by atoms with Gasteiger partial charge in [0.05, 0.1) is 45.8 Å². The van der Waals surface area contributed by atoms with Gasteiger partial charge < -0.3 is 38.8 Å². The summed E-state index contributed by atoms with van der Waals surface area (Å²) in [4.78, 5) is 24.8. The number of carboxylic acid groups (broad SMARTS) is 1. The third-order valence-electron chi connectivity index (χ3n) is 9.09. The summed E-state index contributed by atoms with van der Waals surface area (Å²) in [5.74, 6) is -1.26. The second-order valence-corrected chi connectivity index (χ2v) is 14.8. The number of rotatable bonds is 18. The van der Waals surface area contributed by atoms with Crippen LogP contribution in [0.3, 0.4) is 0 Å². The predicted molar refractivity (Wildman–Crippen MR) is 210 cm³/mol. The van der Waals surface area contributed by atoms with Gasteiger partial charge in [-0.25, -0.2) is 14.3 Å². The summed E-state index contributed by atoms with van der Waals surface area (Å²) in [6.07, 6.45) is -2.92. The molecule has 57 heavy (non-hydrogen) atoms. The van der Waals surface area contributed by atoms with E-state index in [0.29, 0.717) is 12.3 Å². The first kappa shape index (κ1) is 41.2. The molecule has 0 saturated carbocycles. The van der Waals surface area contributed by atoms with Gasteiger partial charge in [0.2, 0.25) is 0 Å². The minimum absolute atomic E-state index is 0.149. The molecule has 300 valence electrons. The summed E-state index contributed by atoms with van der Waals surface area (Å²) in [5, 5.41) is 21.1. The quantitative estimate of drug-likeness (QED) is 0.0982. The van der Waals surface area contributed by atoms with E-state index < -0.39 is 54.2 Å². The molecule has 13 nitrogen and oxygen atoms in total. The molecule has 13 heteroatoms. The largest absolute Gasteiger partial charge is 0.480 e. The Morgan fingerprint density at radius 3 is 1.68 bits per heavy atom. The maximum absolute atomic E-state index is 12.5. The van der Waals surface area contributed by atoms with Crippen molar-refractivity contribution in [1.82, 2.24) is 20.3 Å². The zero-order valence-electron chi connectivity index (χ0n) is 32.4. The molecule has 0 unspecified atom stereocenters. The molecular formula is C44H50N4O9. The topological polar surface area (TPSA) is 152 Å². The summed E-state index contributed by atoms with van der Waals surface area (Å²) >= 11 is 0. The van der Waals surface area contributed by atoms with Crippen LogP contribution < -0.4 is 5.32 Å². The van der Waals surface area contributed by atoms with E-state index in [9.17, 15) is 14.7 Å². The molecule has 1 aromatic heterocycles. The van der Waals surface area contributed by atoms with Crippen LogP contribution in [0.2, 0.25) is 0 Å². The van der Waals surface area contributed by atoms with Gasteiger partial charge in [0.25, 0.3) is 0 Å². The molecule has 2 N–H and O–H groups in total. The number of aliphatic carboxylic acids is 1. The lowest BCUT2D eigenvalue weighted by Crippen LogP contribution is -2.58. The number of nitrogens with one attached hydrogen (secondary N) is 1. The second kappa shape index (κ2) is 20.1. The highest BCUT2D eigenvalue weighted by Crippen LogP contribution is 2.38. The molecule has 4 aromatic carbocycles. The van der Waals surface area contributed by atoms with Gasteiger partial charge in [0, 0.05) is 0 Å². The Morgan fingerprint density at radius 1 is 0.719 bits per heavy atom. The Kier molecular flexibility index (Phi) is 14.5. The Morgan fingerprint density at radius 2 is 1.19 bits per heavy atom. The smallest absolute Gasteiger partial charge is 0.408 e. The summed E-state index contributed by atoms with van der Waals surface area (Å²) in [7, 11) is 0. The Hall–Kier alpha value is -5.44. The van der Waals surface area contributed by atoms with Crippen molar-refractivity contribution >= 4 is 12.1 Å². The minimum atomic E-state index is -1.36. The number of carbonyl (C=O) groups excluding carboxylic acids is 1. The van der Waals surface area contributed by atoms with Gasteiger partial charge in [-0.05, 0) is 43.0 Å². The van der Waals surface area contributed by atoms with E-state index in [4.69, 9.17) is 28.4 Å². The number of amides is 1. The number of hydrogen-bond donors (Lipinski definition) is 2. The number of aromatic nitrogens is 3. The van der Waals surface area contributed by atoms with Gasteiger partial charge in [-0.3, -0.25) is 0 Å². The summed E-state index contributed by atoms with van der Waals surface area (Å²) in [6, 6.07) is 38.0. The first-order chi connectivity index (χ1) is 27.6. The van der Waals surface area contributed by atoms with Crippen LogP contribution >= 0.6 is 0 Å². The molecular weight excluding hydrogens is 729 g/mol. The van der Waals surface area contributed by atoms with Crippen molar-refractivity contribution in [2.75, 3.05) is 6.61 Å². The van der Waals surface area contributed by atoms with E-state index in [0.717, 1.165) is 22.3 Å². The summed E-state index contributed by atoms with van der Waals surface area (Å²) in [6.45, 7) is 6.12. The molecule has 1 saturated heterocycles. The average Bonchev–Trinajstić information content (AvgIpc) is 3.67. The number of hydrogen-bond acceptors (Lipinski definition) is 10. The average molecular weight is 779 g/mol. The van der Waals surface area contributed by atoms with Crippen LogP contribution in [0.25, 0.3) is 0 Å². The molecule has 0 bridgehead atoms. The molecule has 6 atom stereocenters. The highest BCUT2D eigenvalue weighted by molar-refractivity contribution is 5.79. The molecule has 0 aliphatic carbocycles. The minimum Gasteiger partial charge on any atom is -0.480 e. The first-order valence-electron chi connectivity index (χ1n) is 19.0. The van der Waals surface area contributed by atoms with E-state index >= 15 is 0 Å². The van der Waals surface area contributed by atoms with Crippen LogP contribution in [-0.4, -0.2) is 74.8 Å². The highest BCUT2D eigenvalue weighted by Gasteiger charge is 2.50. The van der Waals surface area contributed by atoms with Gasteiger partial charge in [0.15, 0.2) is 0 Å². The number of nitrogens with zero attached hydrogens (tertiary/aromatic N) is 3. The standard InChI is InChI=1S/C44H50N4O9/c1-44(2,3)57-43(51)45-36(42(49)50)25-48-24-35(46-47-48)38-40(54-28-33-20-12-6-13-21-33)41(55-29-34-22-14-7-15-23-34)39(53-27-32-18-10-5-11-19-32)37(56-38)30-52-26-31-16-8-4-9-17-31/h4-24,36-41H,25-30H2,1-3H3,(H,45,51)(H,49,50)/t36-,37+,38+,39+,40-,41-/m0/s1. The molecule has 1 aliphatic rings. The SMILES string of the molecule is CC(C)(C)OC(=O)N[C@@H](Cn1cc([C@H]2O[C@H](COCc3ccccc3)[C@@H](OCc3ccccc3)[C@H](OCc3ccccc3)[C@H]2OCc2ccccc2)nn1)C(=O)O. The van der Waals surface area contributed by atoms with Crippen molar-refractivity contribution < 1.29 is 43.1 Å². The zero-order chi connectivity index (χ0) is 40.0. The zero-order valence-corrected chi connectivity index (χ0v) is 32.4. The van der Waals surface area contributed by atoms with Crippen molar-refractivity contribution in [3.63, 3.8) is 0 Å². The number of benzene rings is 4. The lowest BCUT2D eigenvalue weighted by molar-refractivity contribution is -0.275. The number of carbonyl (C=O) groups is 2. The van der Waals surface area contributed by atoms with E-state index in [2.05, 4.69) is 15.6 Å². The Balaban J connectivity index is 1.33. The highest BCUT2D eigenvalue weighted by atomic mass is 16.6. The Labute approximate surface area is 332 Å². The summed E-state index contributed by atoms with van der Waals surface area (Å²) in [5.41, 5.74) is 3.44. The Bertz CT molecular complexity index is 1960. The molecule has 6 rings (SSSR count). The van der Waals surface area contributed by atoms with Crippen LogP contribution in [0.4, 0.5) is 4.79 Å². The maximum Gasteiger partial charge on any atom is 0.408 e. The predicted octanol–water partition coefficient (Wildman–Crippen LogP) is 6.67. The number of ether oxygens (including phenoxy) is 6. The van der Waals surface area contributed by atoms with E-state index in [1.165, 1.54) is 4.68 Å². The fourth-order valence-corrected chi connectivity index (χ4v) is 6.38. The van der Waals surface area contributed by atoms with Crippen molar-refractivity contribution in [3.8, 4) is 0 Å². The lowest BCUT2D eigenvalue weighted by Gasteiger charge is -2.45. The van der Waals surface area contributed by atoms with E-state index in [-0.39, 0.29) is 33.0 Å². The first-order valence-corrected chi connectivity index (χ1v) is 19.0. The second-order valence-electron chi connectivity index (χ2n) is 14.8. The summed E-state index contributed by atoms with van der Waals surface area (Å²) < 4.78 is 40.2. The fraction of sp³-hybridized carbons (Fsp3) is 0.364. The molecule has 0 spiro atoms. The molecule has 1 aliphatic heterocycles. The van der Waals surface area contributed by atoms with Crippen molar-refractivity contribution in [2.24, 2.45) is 0 Å². The number of carboxylic acids is 1. The molecule has 0 radical (unpaired) electrons. The molecule has 1 amide bonds. The fourth-order valence-electron chi connectivity index (χ4n) is 6.38. The monoisotopic (exact) mass is 778 g/mol. The van der Waals surface area contributed by atoms with Gasteiger partial charge in [-0.1, -0.05) is 127 Å². The lowest BCUT2D eigenvalue weighted by atomic mass is 9.92.